The predicted molar refractivity (Wildman–Crippen MR) is 79.8 cm³/mol. The van der Waals surface area contributed by atoms with Gasteiger partial charge in [0.2, 0.25) is 0 Å². The lowest BCUT2D eigenvalue weighted by Crippen LogP contribution is -2.57. The Bertz CT molecular complexity index is 252. The van der Waals surface area contributed by atoms with Gasteiger partial charge in [0.05, 0.1) is 0 Å². The van der Waals surface area contributed by atoms with Gasteiger partial charge in [0.25, 0.3) is 0 Å². The van der Waals surface area contributed by atoms with Crippen molar-refractivity contribution < 1.29 is 0 Å². The van der Waals surface area contributed by atoms with Crippen LogP contribution in [0.4, 0.5) is 0 Å². The fraction of sp³-hybridized carbons (Fsp3) is 1.00. The summed E-state index contributed by atoms with van der Waals surface area (Å²) in [5, 5.41) is 0. The molecule has 2 atom stereocenters. The number of nitrogens with zero attached hydrogens (tertiary/aromatic N) is 2. The van der Waals surface area contributed by atoms with Crippen LogP contribution in [0.5, 0.6) is 0 Å². The van der Waals surface area contributed by atoms with E-state index in [1.54, 1.807) is 0 Å². The minimum Gasteiger partial charge on any atom is -0.329 e. The summed E-state index contributed by atoms with van der Waals surface area (Å²) >= 11 is 0. The second kappa shape index (κ2) is 6.36. The first-order valence-electron chi connectivity index (χ1n) is 7.49. The molecule has 0 saturated carbocycles. The predicted octanol–water partition coefficient (Wildman–Crippen LogP) is 2.16. The molecule has 0 radical (unpaired) electrons. The van der Waals surface area contributed by atoms with Crippen molar-refractivity contribution >= 4 is 0 Å². The van der Waals surface area contributed by atoms with E-state index in [1.807, 2.05) is 0 Å². The molecule has 3 heteroatoms. The minimum atomic E-state index is 0.193. The smallest absolute Gasteiger partial charge is 0.0470 e. The van der Waals surface area contributed by atoms with Crippen molar-refractivity contribution in [2.75, 3.05) is 26.7 Å². The molecule has 0 aromatic carbocycles. The van der Waals surface area contributed by atoms with Crippen LogP contribution in [0.25, 0.3) is 0 Å². The molecule has 0 aliphatic carbocycles. The number of hydrogen-bond donors (Lipinski definition) is 1. The summed E-state index contributed by atoms with van der Waals surface area (Å²) in [4.78, 5) is 5.11. The van der Waals surface area contributed by atoms with E-state index < -0.39 is 0 Å². The average Bonchev–Trinajstić information content (AvgIpc) is 2.72. The molecule has 108 valence electrons. The SMILES string of the molecule is CC(C)CC(C)N(C)C1(CN)CCN(C(C)C)C1. The van der Waals surface area contributed by atoms with E-state index in [0.717, 1.165) is 19.0 Å². The van der Waals surface area contributed by atoms with Crippen molar-refractivity contribution in [2.24, 2.45) is 11.7 Å². The van der Waals surface area contributed by atoms with E-state index in [2.05, 4.69) is 51.5 Å². The van der Waals surface area contributed by atoms with Crippen LogP contribution in [0.2, 0.25) is 0 Å². The minimum absolute atomic E-state index is 0.193. The van der Waals surface area contributed by atoms with E-state index >= 15 is 0 Å². The largest absolute Gasteiger partial charge is 0.329 e. The zero-order valence-electron chi connectivity index (χ0n) is 13.2. The molecule has 18 heavy (non-hydrogen) atoms. The summed E-state index contributed by atoms with van der Waals surface area (Å²) in [6, 6.07) is 1.24. The van der Waals surface area contributed by atoms with Crippen LogP contribution in [0.15, 0.2) is 0 Å². The van der Waals surface area contributed by atoms with Crippen LogP contribution in [0.1, 0.15) is 47.5 Å². The Balaban J connectivity index is 2.71. The standard InChI is InChI=1S/C15H33N3/c1-12(2)9-14(5)17(6)15(10-16)7-8-18(11-15)13(3)4/h12-14H,7-11,16H2,1-6H3. The fourth-order valence-corrected chi connectivity index (χ4v) is 3.23. The molecule has 0 bridgehead atoms. The van der Waals surface area contributed by atoms with Crippen LogP contribution in [0.3, 0.4) is 0 Å². The van der Waals surface area contributed by atoms with Gasteiger partial charge in [-0.1, -0.05) is 13.8 Å². The van der Waals surface area contributed by atoms with Crippen LogP contribution in [-0.2, 0) is 0 Å². The van der Waals surface area contributed by atoms with E-state index in [0.29, 0.717) is 12.1 Å². The molecule has 1 aliphatic rings. The van der Waals surface area contributed by atoms with Gasteiger partial charge in [0.1, 0.15) is 0 Å². The molecule has 0 aromatic rings. The van der Waals surface area contributed by atoms with Crippen molar-refractivity contribution in [1.82, 2.24) is 9.80 Å². The lowest BCUT2D eigenvalue weighted by molar-refractivity contribution is 0.0759. The van der Waals surface area contributed by atoms with E-state index in [9.17, 15) is 0 Å². The fourth-order valence-electron chi connectivity index (χ4n) is 3.23. The van der Waals surface area contributed by atoms with Crippen LogP contribution >= 0.6 is 0 Å². The maximum atomic E-state index is 6.13. The van der Waals surface area contributed by atoms with Gasteiger partial charge in [-0.15, -0.1) is 0 Å². The number of likely N-dealkylation sites (N-methyl/N-ethyl adjacent to an activating group) is 1. The zero-order valence-corrected chi connectivity index (χ0v) is 13.2. The summed E-state index contributed by atoms with van der Waals surface area (Å²) in [6.45, 7) is 14.6. The Labute approximate surface area is 114 Å². The van der Waals surface area contributed by atoms with Gasteiger partial charge in [-0.2, -0.15) is 0 Å². The van der Waals surface area contributed by atoms with Gasteiger partial charge >= 0.3 is 0 Å². The molecule has 1 heterocycles. The third-order valence-corrected chi connectivity index (χ3v) is 4.69. The highest BCUT2D eigenvalue weighted by Gasteiger charge is 2.42. The first-order valence-corrected chi connectivity index (χ1v) is 7.49. The molecule has 1 fully saturated rings. The Morgan fingerprint density at radius 3 is 2.22 bits per heavy atom. The molecule has 0 amide bonds. The highest BCUT2D eigenvalue weighted by molar-refractivity contribution is 5.01. The lowest BCUT2D eigenvalue weighted by atomic mass is 9.92. The molecule has 2 N–H and O–H groups in total. The normalized spacial score (nSPS) is 27.7. The van der Waals surface area contributed by atoms with Gasteiger partial charge < -0.3 is 5.73 Å². The van der Waals surface area contributed by atoms with Crippen LogP contribution in [-0.4, -0.2) is 54.1 Å². The lowest BCUT2D eigenvalue weighted by Gasteiger charge is -2.42. The first kappa shape index (κ1) is 15.9. The summed E-state index contributed by atoms with van der Waals surface area (Å²) in [5.74, 6) is 0.750. The Morgan fingerprint density at radius 2 is 1.83 bits per heavy atom. The second-order valence-electron chi connectivity index (χ2n) is 6.83. The van der Waals surface area contributed by atoms with Crippen molar-refractivity contribution in [1.29, 1.82) is 0 Å². The van der Waals surface area contributed by atoms with Gasteiger partial charge in [-0.3, -0.25) is 9.80 Å². The summed E-state index contributed by atoms with van der Waals surface area (Å²) in [6.07, 6.45) is 2.46. The topological polar surface area (TPSA) is 32.5 Å². The third kappa shape index (κ3) is 3.46. The monoisotopic (exact) mass is 255 g/mol. The van der Waals surface area contributed by atoms with Crippen LogP contribution in [0, 0.1) is 5.92 Å². The van der Waals surface area contributed by atoms with Crippen molar-refractivity contribution in [2.45, 2.75) is 65.1 Å². The highest BCUT2D eigenvalue weighted by Crippen LogP contribution is 2.30. The van der Waals surface area contributed by atoms with Gasteiger partial charge in [-0.05, 0) is 46.6 Å². The molecular weight excluding hydrogens is 222 g/mol. The zero-order chi connectivity index (χ0) is 13.9. The van der Waals surface area contributed by atoms with Gasteiger partial charge in [-0.25, -0.2) is 0 Å². The maximum absolute atomic E-state index is 6.13. The number of nitrogens with two attached hydrogens (primary N) is 1. The van der Waals surface area contributed by atoms with E-state index in [-0.39, 0.29) is 5.54 Å². The van der Waals surface area contributed by atoms with Gasteiger partial charge in [0.15, 0.2) is 0 Å². The second-order valence-corrected chi connectivity index (χ2v) is 6.83. The van der Waals surface area contributed by atoms with Crippen molar-refractivity contribution in [3.63, 3.8) is 0 Å². The molecule has 1 aliphatic heterocycles. The average molecular weight is 255 g/mol. The van der Waals surface area contributed by atoms with E-state index in [4.69, 9.17) is 5.73 Å². The molecule has 0 aromatic heterocycles. The Morgan fingerprint density at radius 1 is 1.22 bits per heavy atom. The molecule has 1 saturated heterocycles. The quantitative estimate of drug-likeness (QED) is 0.789. The van der Waals surface area contributed by atoms with Crippen LogP contribution < -0.4 is 5.73 Å². The first-order chi connectivity index (χ1) is 8.32. The maximum Gasteiger partial charge on any atom is 0.0470 e. The summed E-state index contributed by atoms with van der Waals surface area (Å²) in [7, 11) is 2.27. The van der Waals surface area contributed by atoms with E-state index in [1.165, 1.54) is 19.4 Å². The Kier molecular flexibility index (Phi) is 5.63. The van der Waals surface area contributed by atoms with Crippen molar-refractivity contribution in [3.8, 4) is 0 Å². The highest BCUT2D eigenvalue weighted by atomic mass is 15.3. The number of likely N-dealkylation sites (tertiary alicyclic amines) is 1. The van der Waals surface area contributed by atoms with Crippen molar-refractivity contribution in [3.05, 3.63) is 0 Å². The number of rotatable bonds is 6. The number of hydrogen-bond acceptors (Lipinski definition) is 3. The summed E-state index contributed by atoms with van der Waals surface area (Å²) < 4.78 is 0. The third-order valence-electron chi connectivity index (χ3n) is 4.69. The molecular formula is C15H33N3. The molecule has 3 nitrogen and oxygen atoms in total. The molecule has 0 spiro atoms. The Hall–Kier alpha value is -0.120. The summed E-state index contributed by atoms with van der Waals surface area (Å²) in [5.41, 5.74) is 6.33. The molecule has 1 rings (SSSR count). The molecule has 2 unspecified atom stereocenters. The van der Waals surface area contributed by atoms with Gasteiger partial charge in [0, 0.05) is 37.3 Å².